The van der Waals surface area contributed by atoms with Crippen LogP contribution < -0.4 is 4.74 Å². The highest BCUT2D eigenvalue weighted by Gasteiger charge is 2.24. The van der Waals surface area contributed by atoms with Crippen LogP contribution in [0.25, 0.3) is 0 Å². The number of Topliss-reactive ketones (excluding diaryl/α,β-unsaturated/α-hetero) is 1. The summed E-state index contributed by atoms with van der Waals surface area (Å²) >= 11 is 0. The Balaban J connectivity index is 2.29. The van der Waals surface area contributed by atoms with Crippen molar-refractivity contribution in [2.75, 3.05) is 0 Å². The van der Waals surface area contributed by atoms with Gasteiger partial charge in [-0.15, -0.1) is 0 Å². The molecule has 108 valence electrons. The van der Waals surface area contributed by atoms with Crippen LogP contribution in [0.4, 0.5) is 10.1 Å². The first-order valence-electron chi connectivity index (χ1n) is 6.14. The molecule has 0 radical (unpaired) electrons. The minimum absolute atomic E-state index is 0.00746. The summed E-state index contributed by atoms with van der Waals surface area (Å²) in [5, 5.41) is 10.9. The lowest BCUT2D eigenvalue weighted by molar-refractivity contribution is -0.385. The molecule has 2 rings (SSSR count). The van der Waals surface area contributed by atoms with E-state index in [9.17, 15) is 19.3 Å². The number of ketones is 1. The standard InChI is InChI=1S/C15H12FNO4/c1-10(18)15-13(16)7-12(8-14(15)17(19)20)21-9-11-5-3-2-4-6-11/h2-8H,9H2,1H3. The fraction of sp³-hybridized carbons (Fsp3) is 0.133. The fourth-order valence-electron chi connectivity index (χ4n) is 1.88. The van der Waals surface area contributed by atoms with Crippen molar-refractivity contribution >= 4 is 11.5 Å². The van der Waals surface area contributed by atoms with Crippen molar-refractivity contribution < 1.29 is 18.8 Å². The predicted octanol–water partition coefficient (Wildman–Crippen LogP) is 3.52. The van der Waals surface area contributed by atoms with E-state index < -0.39 is 27.8 Å². The van der Waals surface area contributed by atoms with Crippen molar-refractivity contribution in [2.24, 2.45) is 0 Å². The van der Waals surface area contributed by atoms with Gasteiger partial charge in [-0.2, -0.15) is 0 Å². The molecular weight excluding hydrogens is 277 g/mol. The summed E-state index contributed by atoms with van der Waals surface area (Å²) < 4.78 is 19.2. The molecule has 0 aliphatic heterocycles. The van der Waals surface area contributed by atoms with Crippen LogP contribution in [0, 0.1) is 15.9 Å². The topological polar surface area (TPSA) is 69.4 Å². The van der Waals surface area contributed by atoms with Gasteiger partial charge >= 0.3 is 0 Å². The van der Waals surface area contributed by atoms with E-state index in [2.05, 4.69) is 0 Å². The molecule has 0 fully saturated rings. The van der Waals surface area contributed by atoms with Crippen LogP contribution in [-0.4, -0.2) is 10.7 Å². The summed E-state index contributed by atoms with van der Waals surface area (Å²) in [5.41, 5.74) is -0.283. The van der Waals surface area contributed by atoms with E-state index in [1.54, 1.807) is 0 Å². The molecular formula is C15H12FNO4. The third-order valence-electron chi connectivity index (χ3n) is 2.84. The van der Waals surface area contributed by atoms with E-state index in [4.69, 9.17) is 4.74 Å². The van der Waals surface area contributed by atoms with Crippen LogP contribution in [0.1, 0.15) is 22.8 Å². The predicted molar refractivity (Wildman–Crippen MR) is 73.8 cm³/mol. The molecule has 0 saturated carbocycles. The third-order valence-corrected chi connectivity index (χ3v) is 2.84. The normalized spacial score (nSPS) is 10.2. The van der Waals surface area contributed by atoms with Gasteiger partial charge in [0.05, 0.1) is 11.0 Å². The zero-order valence-corrected chi connectivity index (χ0v) is 11.2. The largest absolute Gasteiger partial charge is 0.489 e. The van der Waals surface area contributed by atoms with Crippen molar-refractivity contribution in [3.05, 3.63) is 69.5 Å². The Morgan fingerprint density at radius 2 is 1.95 bits per heavy atom. The number of benzene rings is 2. The minimum atomic E-state index is -0.959. The number of nitro benzene ring substituents is 1. The Kier molecular flexibility index (Phi) is 4.27. The quantitative estimate of drug-likeness (QED) is 0.480. The smallest absolute Gasteiger partial charge is 0.286 e. The molecule has 21 heavy (non-hydrogen) atoms. The van der Waals surface area contributed by atoms with Crippen molar-refractivity contribution in [3.8, 4) is 5.75 Å². The van der Waals surface area contributed by atoms with E-state index in [0.717, 1.165) is 24.6 Å². The molecule has 0 aliphatic rings. The van der Waals surface area contributed by atoms with Gasteiger partial charge in [0.15, 0.2) is 5.78 Å². The molecule has 0 aliphatic carbocycles. The first-order chi connectivity index (χ1) is 9.99. The number of halogens is 1. The van der Waals surface area contributed by atoms with Gasteiger partial charge in [0.25, 0.3) is 5.69 Å². The summed E-state index contributed by atoms with van der Waals surface area (Å²) in [7, 11) is 0. The van der Waals surface area contributed by atoms with E-state index in [1.165, 1.54) is 0 Å². The van der Waals surface area contributed by atoms with Gasteiger partial charge in [-0.05, 0) is 12.5 Å². The van der Waals surface area contributed by atoms with Crippen molar-refractivity contribution in [2.45, 2.75) is 13.5 Å². The molecule has 0 aromatic heterocycles. The Morgan fingerprint density at radius 3 is 2.52 bits per heavy atom. The van der Waals surface area contributed by atoms with E-state index in [1.807, 2.05) is 30.3 Å². The van der Waals surface area contributed by atoms with E-state index >= 15 is 0 Å². The van der Waals surface area contributed by atoms with Gasteiger partial charge in [0, 0.05) is 6.07 Å². The summed E-state index contributed by atoms with van der Waals surface area (Å²) in [6.07, 6.45) is 0. The Labute approximate surface area is 120 Å². The van der Waals surface area contributed by atoms with Crippen LogP contribution in [0.5, 0.6) is 5.75 Å². The second-order valence-corrected chi connectivity index (χ2v) is 4.39. The Bertz CT molecular complexity index is 686. The summed E-state index contributed by atoms with van der Waals surface area (Å²) in [6, 6.07) is 11.1. The fourth-order valence-corrected chi connectivity index (χ4v) is 1.88. The zero-order chi connectivity index (χ0) is 15.4. The molecule has 0 bridgehead atoms. The maximum atomic E-state index is 13.8. The molecule has 0 amide bonds. The van der Waals surface area contributed by atoms with Crippen LogP contribution in [0.15, 0.2) is 42.5 Å². The molecule has 5 nitrogen and oxygen atoms in total. The van der Waals surface area contributed by atoms with Crippen molar-refractivity contribution in [1.29, 1.82) is 0 Å². The highest BCUT2D eigenvalue weighted by molar-refractivity contribution is 5.98. The molecule has 0 atom stereocenters. The molecule has 0 unspecified atom stereocenters. The minimum Gasteiger partial charge on any atom is -0.489 e. The highest BCUT2D eigenvalue weighted by atomic mass is 19.1. The number of hydrogen-bond donors (Lipinski definition) is 0. The summed E-state index contributed by atoms with van der Waals surface area (Å²) in [4.78, 5) is 21.4. The number of nitro groups is 1. The van der Waals surface area contributed by atoms with E-state index in [0.29, 0.717) is 0 Å². The first kappa shape index (κ1) is 14.6. The number of ether oxygens (including phenoxy) is 1. The van der Waals surface area contributed by atoms with Gasteiger partial charge < -0.3 is 4.74 Å². The SMILES string of the molecule is CC(=O)c1c(F)cc(OCc2ccccc2)cc1[N+](=O)[O-]. The van der Waals surface area contributed by atoms with Gasteiger partial charge in [-0.1, -0.05) is 30.3 Å². The molecule has 0 N–H and O–H groups in total. The number of rotatable bonds is 5. The lowest BCUT2D eigenvalue weighted by Crippen LogP contribution is -2.05. The maximum absolute atomic E-state index is 13.8. The third kappa shape index (κ3) is 3.42. The molecule has 2 aromatic carbocycles. The first-order valence-corrected chi connectivity index (χ1v) is 6.14. The van der Waals surface area contributed by atoms with Crippen molar-refractivity contribution in [1.82, 2.24) is 0 Å². The number of carbonyl (C=O) groups is 1. The van der Waals surface area contributed by atoms with Crippen LogP contribution in [-0.2, 0) is 6.61 Å². The Hall–Kier alpha value is -2.76. The number of nitrogens with zero attached hydrogens (tertiary/aromatic N) is 1. The van der Waals surface area contributed by atoms with E-state index in [-0.39, 0.29) is 12.4 Å². The lowest BCUT2D eigenvalue weighted by Gasteiger charge is -2.08. The Morgan fingerprint density at radius 1 is 1.29 bits per heavy atom. The van der Waals surface area contributed by atoms with Gasteiger partial charge in [0.2, 0.25) is 0 Å². The molecule has 0 heterocycles. The monoisotopic (exact) mass is 289 g/mol. The maximum Gasteiger partial charge on any atom is 0.286 e. The number of hydrogen-bond acceptors (Lipinski definition) is 4. The summed E-state index contributed by atoms with van der Waals surface area (Å²) in [5.74, 6) is -1.65. The highest BCUT2D eigenvalue weighted by Crippen LogP contribution is 2.28. The molecule has 2 aromatic rings. The summed E-state index contributed by atoms with van der Waals surface area (Å²) in [6.45, 7) is 1.23. The molecule has 6 heteroatoms. The lowest BCUT2D eigenvalue weighted by atomic mass is 10.1. The van der Waals surface area contributed by atoms with Crippen molar-refractivity contribution in [3.63, 3.8) is 0 Å². The average molecular weight is 289 g/mol. The van der Waals surface area contributed by atoms with Gasteiger partial charge in [-0.25, -0.2) is 4.39 Å². The van der Waals surface area contributed by atoms with Crippen LogP contribution in [0.2, 0.25) is 0 Å². The van der Waals surface area contributed by atoms with Gasteiger partial charge in [-0.3, -0.25) is 14.9 Å². The van der Waals surface area contributed by atoms with Crippen LogP contribution in [0.3, 0.4) is 0 Å². The average Bonchev–Trinajstić information content (AvgIpc) is 2.45. The van der Waals surface area contributed by atoms with Crippen LogP contribution >= 0.6 is 0 Å². The second kappa shape index (κ2) is 6.13. The second-order valence-electron chi connectivity index (χ2n) is 4.39. The van der Waals surface area contributed by atoms with Gasteiger partial charge in [0.1, 0.15) is 23.7 Å². The molecule has 0 saturated heterocycles. The molecule has 0 spiro atoms. The zero-order valence-electron chi connectivity index (χ0n) is 11.2. The number of carbonyl (C=O) groups excluding carboxylic acids is 1.